The van der Waals surface area contributed by atoms with Crippen molar-refractivity contribution in [2.24, 2.45) is 0 Å². The Hall–Kier alpha value is -0.670. The highest BCUT2D eigenvalue weighted by atomic mass is 35.5. The molecule has 0 saturated carbocycles. The molecule has 0 bridgehead atoms. The first-order valence-electron chi connectivity index (χ1n) is 6.02. The summed E-state index contributed by atoms with van der Waals surface area (Å²) in [5.74, 6) is 0. The van der Waals surface area contributed by atoms with Crippen LogP contribution >= 0.6 is 19.2 Å². The molecule has 1 aromatic carbocycles. The number of rotatable bonds is 6. The molecule has 0 unspecified atom stereocenters. The molecule has 1 rings (SSSR count). The van der Waals surface area contributed by atoms with Gasteiger partial charge in [0.2, 0.25) is 0 Å². The number of carbonyl (C=O) groups is 1. The molecule has 0 aromatic heterocycles. The van der Waals surface area contributed by atoms with Crippen LogP contribution in [-0.4, -0.2) is 17.7 Å². The maximum absolute atomic E-state index is 12.6. The van der Waals surface area contributed by atoms with E-state index in [4.69, 9.17) is 20.6 Å². The SMILES string of the molecule is CC(C)OP(=O)(OC(C)C)C(=O)c1ccccc1Cl. The van der Waals surface area contributed by atoms with Crippen molar-refractivity contribution in [2.45, 2.75) is 39.9 Å². The van der Waals surface area contributed by atoms with Gasteiger partial charge in [0.1, 0.15) is 0 Å². The second-order valence-corrected chi connectivity index (χ2v) is 6.82. The number of halogens is 1. The molecule has 0 atom stereocenters. The lowest BCUT2D eigenvalue weighted by Crippen LogP contribution is -2.14. The van der Waals surface area contributed by atoms with Crippen molar-refractivity contribution in [2.75, 3.05) is 0 Å². The van der Waals surface area contributed by atoms with E-state index in [2.05, 4.69) is 0 Å². The van der Waals surface area contributed by atoms with E-state index in [1.54, 1.807) is 45.9 Å². The van der Waals surface area contributed by atoms with E-state index in [1.165, 1.54) is 6.07 Å². The molecule has 0 N–H and O–H groups in total. The van der Waals surface area contributed by atoms with Crippen molar-refractivity contribution in [1.82, 2.24) is 0 Å². The Morgan fingerprint density at radius 3 is 2.00 bits per heavy atom. The largest absolute Gasteiger partial charge is 0.402 e. The third-order valence-electron chi connectivity index (χ3n) is 2.05. The first-order valence-corrected chi connectivity index (χ1v) is 7.94. The Morgan fingerprint density at radius 1 is 1.11 bits per heavy atom. The third-order valence-corrected chi connectivity index (χ3v) is 4.52. The summed E-state index contributed by atoms with van der Waals surface area (Å²) in [4.78, 5) is 12.4. The van der Waals surface area contributed by atoms with Crippen LogP contribution < -0.4 is 0 Å². The molecule has 0 saturated heterocycles. The Morgan fingerprint density at radius 2 is 1.58 bits per heavy atom. The quantitative estimate of drug-likeness (QED) is 0.725. The molecule has 0 amide bonds. The summed E-state index contributed by atoms with van der Waals surface area (Å²) in [6, 6.07) is 6.40. The van der Waals surface area contributed by atoms with E-state index in [-0.39, 0.29) is 10.6 Å². The average Bonchev–Trinajstić information content (AvgIpc) is 2.26. The Bertz CT molecular complexity index is 485. The molecule has 4 nitrogen and oxygen atoms in total. The van der Waals surface area contributed by atoms with Crippen LogP contribution in [0.25, 0.3) is 0 Å². The summed E-state index contributed by atoms with van der Waals surface area (Å²) in [6.45, 7) is 6.76. The molecule has 0 fully saturated rings. The van der Waals surface area contributed by atoms with E-state index < -0.39 is 25.3 Å². The number of carbonyl (C=O) groups excluding carboxylic acids is 1. The number of hydrogen-bond acceptors (Lipinski definition) is 4. The van der Waals surface area contributed by atoms with E-state index in [0.29, 0.717) is 0 Å². The van der Waals surface area contributed by atoms with Gasteiger partial charge in [0.05, 0.1) is 17.2 Å². The van der Waals surface area contributed by atoms with Gasteiger partial charge in [-0.05, 0) is 39.8 Å². The summed E-state index contributed by atoms with van der Waals surface area (Å²) < 4.78 is 23.1. The Labute approximate surface area is 118 Å². The fourth-order valence-corrected chi connectivity index (χ4v) is 3.59. The van der Waals surface area contributed by atoms with Crippen LogP contribution in [0.3, 0.4) is 0 Å². The topological polar surface area (TPSA) is 52.6 Å². The lowest BCUT2D eigenvalue weighted by molar-refractivity contribution is 0.0924. The number of hydrogen-bond donors (Lipinski definition) is 0. The van der Waals surface area contributed by atoms with Crippen LogP contribution in [0.5, 0.6) is 0 Å². The zero-order chi connectivity index (χ0) is 14.6. The van der Waals surface area contributed by atoms with Crippen molar-refractivity contribution in [3.05, 3.63) is 34.9 Å². The van der Waals surface area contributed by atoms with Gasteiger partial charge in [0, 0.05) is 5.56 Å². The van der Waals surface area contributed by atoms with Crippen LogP contribution in [0.15, 0.2) is 24.3 Å². The molecule has 0 radical (unpaired) electrons. The van der Waals surface area contributed by atoms with Gasteiger partial charge in [-0.1, -0.05) is 23.7 Å². The van der Waals surface area contributed by atoms with Crippen LogP contribution in [0, 0.1) is 0 Å². The van der Waals surface area contributed by atoms with Gasteiger partial charge >= 0.3 is 7.60 Å². The predicted octanol–water partition coefficient (Wildman–Crippen LogP) is 4.52. The second kappa shape index (κ2) is 6.67. The predicted molar refractivity (Wildman–Crippen MR) is 75.8 cm³/mol. The minimum absolute atomic E-state index is 0.147. The second-order valence-electron chi connectivity index (χ2n) is 4.59. The molecule has 0 spiro atoms. The molecule has 0 aliphatic rings. The monoisotopic (exact) mass is 304 g/mol. The summed E-state index contributed by atoms with van der Waals surface area (Å²) in [5, 5.41) is 0.229. The van der Waals surface area contributed by atoms with Crippen molar-refractivity contribution < 1.29 is 18.4 Å². The smallest absolute Gasteiger partial charge is 0.300 e. The van der Waals surface area contributed by atoms with E-state index in [9.17, 15) is 9.36 Å². The van der Waals surface area contributed by atoms with Gasteiger partial charge in [0.15, 0.2) is 0 Å². The lowest BCUT2D eigenvalue weighted by Gasteiger charge is -2.21. The summed E-state index contributed by atoms with van der Waals surface area (Å²) in [7, 11) is -3.89. The fourth-order valence-electron chi connectivity index (χ4n) is 1.46. The van der Waals surface area contributed by atoms with Gasteiger partial charge in [-0.15, -0.1) is 0 Å². The van der Waals surface area contributed by atoms with Gasteiger partial charge < -0.3 is 9.05 Å². The average molecular weight is 305 g/mol. The standard InChI is InChI=1S/C13H18ClO4P/c1-9(2)17-19(16,18-10(3)4)13(15)11-7-5-6-8-12(11)14/h5-10H,1-4H3. The van der Waals surface area contributed by atoms with Crippen LogP contribution in [0.1, 0.15) is 38.1 Å². The molecular formula is C13H18ClO4P. The van der Waals surface area contributed by atoms with Crippen LogP contribution in [0.2, 0.25) is 5.02 Å². The third kappa shape index (κ3) is 4.43. The molecule has 19 heavy (non-hydrogen) atoms. The summed E-state index contributed by atoms with van der Waals surface area (Å²) in [5.41, 5.74) is -0.561. The molecule has 0 aliphatic carbocycles. The van der Waals surface area contributed by atoms with E-state index >= 15 is 0 Å². The Balaban J connectivity index is 3.15. The first kappa shape index (κ1) is 16.4. The van der Waals surface area contributed by atoms with E-state index in [1.807, 2.05) is 0 Å². The van der Waals surface area contributed by atoms with Gasteiger partial charge in [-0.25, -0.2) is 0 Å². The normalized spacial score (nSPS) is 12.2. The molecule has 1 aromatic rings. The Kier molecular flexibility index (Phi) is 5.75. The molecule has 6 heteroatoms. The van der Waals surface area contributed by atoms with Gasteiger partial charge in [-0.2, -0.15) is 0 Å². The number of benzene rings is 1. The zero-order valence-electron chi connectivity index (χ0n) is 11.4. The molecule has 0 heterocycles. The fraction of sp³-hybridized carbons (Fsp3) is 0.462. The van der Waals surface area contributed by atoms with Crippen LogP contribution in [-0.2, 0) is 13.6 Å². The minimum Gasteiger partial charge on any atom is -0.300 e. The molecule has 0 aliphatic heterocycles. The van der Waals surface area contributed by atoms with Crippen molar-refractivity contribution in [3.8, 4) is 0 Å². The maximum Gasteiger partial charge on any atom is 0.402 e. The lowest BCUT2D eigenvalue weighted by atomic mass is 10.2. The first-order chi connectivity index (χ1) is 8.76. The minimum atomic E-state index is -3.89. The van der Waals surface area contributed by atoms with Crippen molar-refractivity contribution in [1.29, 1.82) is 0 Å². The van der Waals surface area contributed by atoms with E-state index in [0.717, 1.165) is 0 Å². The maximum atomic E-state index is 12.6. The highest BCUT2D eigenvalue weighted by Crippen LogP contribution is 2.53. The van der Waals surface area contributed by atoms with Crippen molar-refractivity contribution in [3.63, 3.8) is 0 Å². The highest BCUT2D eigenvalue weighted by Gasteiger charge is 2.38. The van der Waals surface area contributed by atoms with Crippen LogP contribution in [0.4, 0.5) is 0 Å². The molecule has 106 valence electrons. The van der Waals surface area contributed by atoms with Gasteiger partial charge in [-0.3, -0.25) is 9.36 Å². The summed E-state index contributed by atoms with van der Waals surface area (Å²) >= 11 is 5.95. The molecular weight excluding hydrogens is 287 g/mol. The highest BCUT2D eigenvalue weighted by molar-refractivity contribution is 7.72. The van der Waals surface area contributed by atoms with Gasteiger partial charge in [0.25, 0.3) is 5.52 Å². The summed E-state index contributed by atoms with van der Waals surface area (Å²) in [6.07, 6.45) is -0.785. The zero-order valence-corrected chi connectivity index (χ0v) is 13.1. The van der Waals surface area contributed by atoms with Crippen molar-refractivity contribution >= 4 is 24.7 Å².